The van der Waals surface area contributed by atoms with E-state index in [1.165, 1.54) is 6.07 Å². The average Bonchev–Trinajstić information content (AvgIpc) is 2.86. The van der Waals surface area contributed by atoms with E-state index in [0.29, 0.717) is 17.4 Å². The summed E-state index contributed by atoms with van der Waals surface area (Å²) < 4.78 is 16.2. The number of benzene rings is 3. The van der Waals surface area contributed by atoms with Gasteiger partial charge in [-0.15, -0.1) is 0 Å². The average molecular weight is 459 g/mol. The zero-order chi connectivity index (χ0) is 24.1. The van der Waals surface area contributed by atoms with Crippen molar-refractivity contribution < 1.29 is 23.5 Å². The molecule has 1 amide bonds. The summed E-state index contributed by atoms with van der Waals surface area (Å²) in [5, 5.41) is 4.59. The lowest BCUT2D eigenvalue weighted by molar-refractivity contribution is -0.138. The number of hydrogen-bond donors (Lipinski definition) is 1. The Morgan fingerprint density at radius 2 is 1.65 bits per heavy atom. The molecule has 1 aromatic heterocycles. The Bertz CT molecular complexity index is 1380. The molecule has 0 aliphatic carbocycles. The van der Waals surface area contributed by atoms with Gasteiger partial charge in [-0.3, -0.25) is 0 Å². The fourth-order valence-electron chi connectivity index (χ4n) is 3.66. The Morgan fingerprint density at radius 1 is 0.941 bits per heavy atom. The van der Waals surface area contributed by atoms with Gasteiger partial charge in [0.25, 0.3) is 0 Å². The number of ether oxygens (including phenoxy) is 2. The summed E-state index contributed by atoms with van der Waals surface area (Å²) in [5.41, 5.74) is 0.682. The monoisotopic (exact) mass is 459 g/mol. The van der Waals surface area contributed by atoms with Gasteiger partial charge in [0, 0.05) is 11.5 Å². The summed E-state index contributed by atoms with van der Waals surface area (Å²) in [4.78, 5) is 37.6. The maximum absolute atomic E-state index is 13.0. The molecular weight excluding hydrogens is 434 g/mol. The van der Waals surface area contributed by atoms with Crippen LogP contribution in [0.25, 0.3) is 21.7 Å². The molecule has 7 heteroatoms. The van der Waals surface area contributed by atoms with Crippen molar-refractivity contribution in [3.63, 3.8) is 0 Å². The SMILES string of the molecule is CC[C@@H](C)[C@H](NC(=O)OCc1ccccc1)C(=O)Oc1ccc2c(c1)oc(=O)c1ccccc12. The van der Waals surface area contributed by atoms with Crippen LogP contribution in [-0.4, -0.2) is 18.1 Å². The zero-order valence-electron chi connectivity index (χ0n) is 18.9. The number of nitrogens with one attached hydrogen (secondary N) is 1. The van der Waals surface area contributed by atoms with Crippen molar-refractivity contribution in [3.05, 3.63) is 88.8 Å². The van der Waals surface area contributed by atoms with Crippen molar-refractivity contribution in [2.75, 3.05) is 0 Å². The van der Waals surface area contributed by atoms with Gasteiger partial charge in [0.2, 0.25) is 0 Å². The molecule has 0 unspecified atom stereocenters. The lowest BCUT2D eigenvalue weighted by Crippen LogP contribution is -2.47. The molecule has 0 aliphatic heterocycles. The summed E-state index contributed by atoms with van der Waals surface area (Å²) in [6.07, 6.45) is -0.0702. The topological polar surface area (TPSA) is 94.8 Å². The Labute approximate surface area is 196 Å². The Balaban J connectivity index is 1.50. The Morgan fingerprint density at radius 3 is 2.38 bits per heavy atom. The molecule has 174 valence electrons. The van der Waals surface area contributed by atoms with Crippen LogP contribution in [0.4, 0.5) is 4.79 Å². The molecule has 0 spiro atoms. The second-order valence-corrected chi connectivity index (χ2v) is 8.08. The highest BCUT2D eigenvalue weighted by Gasteiger charge is 2.28. The predicted molar refractivity (Wildman–Crippen MR) is 129 cm³/mol. The molecule has 0 fully saturated rings. The number of fused-ring (bicyclic) bond motifs is 3. The highest BCUT2D eigenvalue weighted by atomic mass is 16.6. The minimum absolute atomic E-state index is 0.0899. The third kappa shape index (κ3) is 5.09. The van der Waals surface area contributed by atoms with Crippen LogP contribution in [0, 0.1) is 5.92 Å². The van der Waals surface area contributed by atoms with Gasteiger partial charge in [-0.25, -0.2) is 14.4 Å². The molecule has 0 saturated heterocycles. The van der Waals surface area contributed by atoms with Crippen LogP contribution in [-0.2, 0) is 16.1 Å². The van der Waals surface area contributed by atoms with E-state index < -0.39 is 23.7 Å². The lowest BCUT2D eigenvalue weighted by atomic mass is 9.99. The van der Waals surface area contributed by atoms with Gasteiger partial charge in [-0.1, -0.05) is 68.8 Å². The van der Waals surface area contributed by atoms with Crippen molar-refractivity contribution >= 4 is 33.8 Å². The van der Waals surface area contributed by atoms with Crippen molar-refractivity contribution in [1.82, 2.24) is 5.32 Å². The summed E-state index contributed by atoms with van der Waals surface area (Å²) in [6.45, 7) is 3.85. The maximum atomic E-state index is 13.0. The van der Waals surface area contributed by atoms with Crippen LogP contribution in [0.2, 0.25) is 0 Å². The second-order valence-electron chi connectivity index (χ2n) is 8.08. The number of alkyl carbamates (subject to hydrolysis) is 1. The number of carbonyl (C=O) groups excluding carboxylic acids is 2. The van der Waals surface area contributed by atoms with Crippen LogP contribution in [0.3, 0.4) is 0 Å². The minimum Gasteiger partial charge on any atom is -0.445 e. The first kappa shape index (κ1) is 23.0. The first-order valence-electron chi connectivity index (χ1n) is 11.1. The van der Waals surface area contributed by atoms with Crippen molar-refractivity contribution in [2.24, 2.45) is 5.92 Å². The molecule has 0 radical (unpaired) electrons. The van der Waals surface area contributed by atoms with E-state index in [4.69, 9.17) is 13.9 Å². The summed E-state index contributed by atoms with van der Waals surface area (Å²) >= 11 is 0. The molecule has 0 saturated carbocycles. The minimum atomic E-state index is -0.910. The summed E-state index contributed by atoms with van der Waals surface area (Å²) in [6, 6.07) is 20.4. The molecule has 3 aromatic carbocycles. The largest absolute Gasteiger partial charge is 0.445 e. The molecule has 4 aromatic rings. The first-order valence-corrected chi connectivity index (χ1v) is 11.1. The Hall–Kier alpha value is -4.13. The fraction of sp³-hybridized carbons (Fsp3) is 0.222. The molecular formula is C27H25NO6. The first-order chi connectivity index (χ1) is 16.5. The molecule has 7 nitrogen and oxygen atoms in total. The third-order valence-electron chi connectivity index (χ3n) is 5.76. The van der Waals surface area contributed by atoms with E-state index >= 15 is 0 Å². The standard InChI is InChI=1S/C27H25NO6/c1-3-17(2)24(28-27(31)32-16-18-9-5-4-6-10-18)26(30)33-19-13-14-21-20-11-7-8-12-22(20)25(29)34-23(21)15-19/h4-15,17,24H,3,16H2,1-2H3,(H,28,31)/t17-,24+/m1/s1. The Kier molecular flexibility index (Phi) is 6.92. The quantitative estimate of drug-likeness (QED) is 0.177. The van der Waals surface area contributed by atoms with E-state index in [9.17, 15) is 14.4 Å². The van der Waals surface area contributed by atoms with Gasteiger partial charge >= 0.3 is 17.7 Å². The van der Waals surface area contributed by atoms with E-state index in [-0.39, 0.29) is 18.3 Å². The van der Waals surface area contributed by atoms with Crippen LogP contribution >= 0.6 is 0 Å². The molecule has 0 bridgehead atoms. The number of hydrogen-bond acceptors (Lipinski definition) is 6. The number of esters is 1. The molecule has 1 N–H and O–H groups in total. The highest BCUT2D eigenvalue weighted by Crippen LogP contribution is 2.26. The molecule has 1 heterocycles. The molecule has 34 heavy (non-hydrogen) atoms. The number of amides is 1. The molecule has 0 aliphatic rings. The van der Waals surface area contributed by atoms with Crippen molar-refractivity contribution in [2.45, 2.75) is 32.9 Å². The van der Waals surface area contributed by atoms with Crippen LogP contribution in [0.1, 0.15) is 25.8 Å². The normalized spacial score (nSPS) is 12.8. The van der Waals surface area contributed by atoms with Gasteiger partial charge in [0.05, 0.1) is 5.39 Å². The van der Waals surface area contributed by atoms with Gasteiger partial charge in [0.15, 0.2) is 0 Å². The van der Waals surface area contributed by atoms with Crippen molar-refractivity contribution in [1.29, 1.82) is 0 Å². The zero-order valence-corrected chi connectivity index (χ0v) is 18.9. The maximum Gasteiger partial charge on any atom is 0.408 e. The summed E-state index contributed by atoms with van der Waals surface area (Å²) in [5.74, 6) is -0.615. The molecule has 2 atom stereocenters. The highest BCUT2D eigenvalue weighted by molar-refractivity contribution is 6.04. The van der Waals surface area contributed by atoms with E-state index in [2.05, 4.69) is 5.32 Å². The van der Waals surface area contributed by atoms with E-state index in [1.54, 1.807) is 24.3 Å². The lowest BCUT2D eigenvalue weighted by Gasteiger charge is -2.22. The second kappa shape index (κ2) is 10.2. The van der Waals surface area contributed by atoms with Crippen LogP contribution < -0.4 is 15.7 Å². The summed E-state index contributed by atoms with van der Waals surface area (Å²) in [7, 11) is 0. The molecule has 4 rings (SSSR count). The predicted octanol–water partition coefficient (Wildman–Crippen LogP) is 5.19. The van der Waals surface area contributed by atoms with Gasteiger partial charge in [0.1, 0.15) is 24.0 Å². The van der Waals surface area contributed by atoms with E-state index in [0.717, 1.165) is 16.3 Å². The van der Waals surface area contributed by atoms with E-state index in [1.807, 2.05) is 56.3 Å². The van der Waals surface area contributed by atoms with Gasteiger partial charge in [-0.2, -0.15) is 0 Å². The van der Waals surface area contributed by atoms with Crippen LogP contribution in [0.5, 0.6) is 5.75 Å². The smallest absolute Gasteiger partial charge is 0.408 e. The third-order valence-corrected chi connectivity index (χ3v) is 5.76. The van der Waals surface area contributed by atoms with Crippen LogP contribution in [0.15, 0.2) is 82.0 Å². The van der Waals surface area contributed by atoms with Crippen molar-refractivity contribution in [3.8, 4) is 5.75 Å². The van der Waals surface area contributed by atoms with Gasteiger partial charge < -0.3 is 19.2 Å². The number of rotatable bonds is 7. The van der Waals surface area contributed by atoms with Gasteiger partial charge in [-0.05, 0) is 35.1 Å². The number of carbonyl (C=O) groups is 2. The fourth-order valence-corrected chi connectivity index (χ4v) is 3.66.